The van der Waals surface area contributed by atoms with E-state index >= 15 is 0 Å². The number of hydrogen-bond donors (Lipinski definition) is 15. The van der Waals surface area contributed by atoms with Gasteiger partial charge in [0.1, 0.15) is 93.1 Å². The summed E-state index contributed by atoms with van der Waals surface area (Å²) in [6.45, 7) is 39.9. The van der Waals surface area contributed by atoms with Crippen LogP contribution in [0.15, 0.2) is 0 Å². The average Bonchev–Trinajstić information content (AvgIpc) is 0.851. The molecule has 0 aliphatic heterocycles. The number of hydrogen-bond acceptors (Lipinski definition) is 27. The first kappa shape index (κ1) is 114. The van der Waals surface area contributed by atoms with Crippen molar-refractivity contribution in [2.45, 2.75) is 376 Å². The fourth-order valence-electron chi connectivity index (χ4n) is 10.8. The van der Waals surface area contributed by atoms with Crippen LogP contribution in [-0.2, 0) is 105 Å². The Labute approximate surface area is 735 Å². The van der Waals surface area contributed by atoms with Gasteiger partial charge < -0.3 is 113 Å². The van der Waals surface area contributed by atoms with Gasteiger partial charge in [0, 0.05) is 32.6 Å². The molecule has 0 aromatic rings. The van der Waals surface area contributed by atoms with Gasteiger partial charge in [-0.3, -0.25) is 67.2 Å². The number of esters is 3. The second kappa shape index (κ2) is 53.7. The summed E-state index contributed by atoms with van der Waals surface area (Å²) in [4.78, 5) is 251. The Hall–Kier alpha value is -10.6. The van der Waals surface area contributed by atoms with Gasteiger partial charge in [-0.1, -0.05) is 13.8 Å². The van der Waals surface area contributed by atoms with Gasteiger partial charge in [0.2, 0.25) is 59.1 Å². The lowest BCUT2D eigenvalue weighted by Crippen LogP contribution is -2.60. The first-order valence-electron chi connectivity index (χ1n) is 42.2. The van der Waals surface area contributed by atoms with Crippen LogP contribution >= 0.6 is 0 Å². The molecule has 42 heteroatoms. The van der Waals surface area contributed by atoms with Crippen molar-refractivity contribution in [3.8, 4) is 0 Å². The van der Waals surface area contributed by atoms with Crippen LogP contribution in [0.1, 0.15) is 283 Å². The van der Waals surface area contributed by atoms with Crippen LogP contribution in [0.5, 0.6) is 0 Å². The summed E-state index contributed by atoms with van der Waals surface area (Å²) in [5.41, 5.74) is 0.153. The van der Waals surface area contributed by atoms with Crippen molar-refractivity contribution in [3.63, 3.8) is 0 Å². The number of alkyl carbamates (subject to hydrolysis) is 4. The van der Waals surface area contributed by atoms with Crippen LogP contribution in [0, 0.1) is 5.92 Å². The van der Waals surface area contributed by atoms with Crippen LogP contribution in [0.25, 0.3) is 0 Å². The highest BCUT2D eigenvalue weighted by atomic mass is 16.7. The average molecular weight is 1790 g/mol. The van der Waals surface area contributed by atoms with E-state index in [-0.39, 0.29) is 96.8 Å². The predicted octanol–water partition coefficient (Wildman–Crippen LogP) is 4.94. The molecule has 0 radical (unpaired) electrons. The zero-order valence-electron chi connectivity index (χ0n) is 78.4. The van der Waals surface area contributed by atoms with E-state index in [0.29, 0.717) is 6.42 Å². The molecule has 0 spiro atoms. The molecule has 0 heterocycles. The number of nitrogens with one attached hydrogen (secondary N) is 14. The summed E-state index contributed by atoms with van der Waals surface area (Å²) in [5, 5.41) is 33.1. The van der Waals surface area contributed by atoms with Gasteiger partial charge in [-0.25, -0.2) is 24.0 Å². The van der Waals surface area contributed by atoms with Crippen molar-refractivity contribution in [2.24, 2.45) is 11.7 Å². The number of primary amides is 1. The molecule has 42 nitrogen and oxygen atoms in total. The number of ether oxygens (including phenoxy) is 8. The Morgan fingerprint density at radius 2 is 0.544 bits per heavy atom. The fourth-order valence-corrected chi connectivity index (χ4v) is 10.8. The molecule has 0 rings (SSSR count). The van der Waals surface area contributed by atoms with E-state index in [2.05, 4.69) is 69.1 Å². The van der Waals surface area contributed by atoms with Crippen LogP contribution in [-0.4, -0.2) is 240 Å². The maximum absolute atomic E-state index is 15.0. The van der Waals surface area contributed by atoms with Crippen LogP contribution in [0.4, 0.5) is 24.0 Å². The number of rotatable bonds is 49. The molecule has 0 bridgehead atoms. The summed E-state index contributed by atoms with van der Waals surface area (Å²) < 4.78 is 42.8. The third kappa shape index (κ3) is 59.8. The van der Waals surface area contributed by atoms with Crippen molar-refractivity contribution < 1.29 is 129 Å². The molecule has 0 unspecified atom stereocenters. The minimum atomic E-state index is -1.91. The predicted molar refractivity (Wildman–Crippen MR) is 456 cm³/mol. The first-order valence-corrected chi connectivity index (χ1v) is 42.2. The summed E-state index contributed by atoms with van der Waals surface area (Å²) in [6, 6.07) is -13.1. The molecule has 0 saturated carbocycles. The normalized spacial score (nSPS) is 13.9. The van der Waals surface area contributed by atoms with E-state index in [1.165, 1.54) is 55.4 Å². The highest BCUT2D eigenvalue weighted by Gasteiger charge is 2.38. The monoisotopic (exact) mass is 1790 g/mol. The largest absolute Gasteiger partial charge is 0.460 e. The molecule has 0 aliphatic rings. The van der Waals surface area contributed by atoms with Crippen molar-refractivity contribution in [3.05, 3.63) is 0 Å². The second-order valence-corrected chi connectivity index (χ2v) is 38.2. The van der Waals surface area contributed by atoms with Gasteiger partial charge in [-0.05, 0) is 256 Å². The molecule has 0 aromatic heterocycles. The minimum absolute atomic E-state index is 0.00484. The Balaban J connectivity index is 7.86. The van der Waals surface area contributed by atoms with Gasteiger partial charge in [0.25, 0.3) is 0 Å². The Morgan fingerprint density at radius 3 is 0.880 bits per heavy atom. The maximum Gasteiger partial charge on any atom is 0.431 e. The molecule has 0 aliphatic carbocycles. The van der Waals surface area contributed by atoms with Crippen LogP contribution in [0.2, 0.25) is 0 Å². The van der Waals surface area contributed by atoms with Crippen molar-refractivity contribution in [1.29, 1.82) is 0 Å². The van der Waals surface area contributed by atoms with E-state index in [0.717, 1.165) is 0 Å². The summed E-state index contributed by atoms with van der Waals surface area (Å²) in [6.07, 6.45) is -5.80. The number of hydroxylamine groups is 1. The standard InChI is InChI=1S/C83H147N15O27/c1-49(2)62(97-68(109)54(39-40-59(101)118-76(3,4)5)95-69(110)56(46-61(103)120-78(9,10)11)91-58(100)48-117-98-75(116)125-83(24,25)26)70(111)96-55(45-60(102)119-77(6,7)8)64(105)89-47-57(99)90-51(36-28-32-42-86-72(113)122-80(15,16)17)65(106)93-53(38-30-34-44-88-74(115)124-82(21,22)23)67(108)94-52(37-29-33-43-87-73(114)123-81(18,19)20)66(107)92-50(63(84)104)35-27-31-41-85-71(112)121-79(12,13)14/h49-56,62H,27-48H2,1-26H3,(H2,84,104)(H,85,112)(H,86,113)(H,87,114)(H,88,115)(H,89,105)(H,90,99)(H,91,100)(H,92,107)(H,93,106)(H,94,108)(H,95,110)(H,96,111)(H,97,109)(H,98,116)/t50-,51-,52-,53-,54-,55-,56-,62-/m0/s1. The summed E-state index contributed by atoms with van der Waals surface area (Å²) in [7, 11) is 0. The third-order valence-corrected chi connectivity index (χ3v) is 15.9. The fraction of sp³-hybridized carbons (Fsp3) is 0.783. The number of unbranched alkanes of at least 4 members (excludes halogenated alkanes) is 4. The lowest BCUT2D eigenvalue weighted by Gasteiger charge is -2.29. The van der Waals surface area contributed by atoms with E-state index in [1.54, 1.807) is 125 Å². The van der Waals surface area contributed by atoms with E-state index in [4.69, 9.17) is 48.5 Å². The SMILES string of the molecule is CC(C)[C@H](NC(=O)[C@H](CCC(=O)OC(C)(C)C)NC(=O)[C@H](CC(=O)OC(C)(C)C)NC(=O)CONC(=O)OC(C)(C)C)C(=O)N[C@@H](CC(=O)OC(C)(C)C)C(=O)NCC(=O)N[C@@H](CCCCNC(=O)OC(C)(C)C)C(=O)N[C@@H](CCCCNC(=O)OC(C)(C)C)C(=O)N[C@@H](CCCCNC(=O)OC(C)(C)C)C(=O)N[C@@H](CCCCNC(=O)OC(C)(C)C)C(N)=O. The molecule has 125 heavy (non-hydrogen) atoms. The number of carbonyl (C=O) groups is 18. The quantitative estimate of drug-likeness (QED) is 0.0166. The van der Waals surface area contributed by atoms with Crippen molar-refractivity contribution >= 4 is 107 Å². The number of carbonyl (C=O) groups excluding carboxylic acids is 18. The second-order valence-electron chi connectivity index (χ2n) is 38.2. The zero-order chi connectivity index (χ0) is 96.4. The van der Waals surface area contributed by atoms with E-state index in [9.17, 15) is 86.3 Å². The third-order valence-electron chi connectivity index (χ3n) is 15.9. The lowest BCUT2D eigenvalue weighted by atomic mass is 10.0. The minimum Gasteiger partial charge on any atom is -0.460 e. The van der Waals surface area contributed by atoms with Gasteiger partial charge in [-0.15, -0.1) is 0 Å². The van der Waals surface area contributed by atoms with Crippen LogP contribution in [0.3, 0.4) is 0 Å². The lowest BCUT2D eigenvalue weighted by molar-refractivity contribution is -0.157. The van der Waals surface area contributed by atoms with E-state index in [1.807, 2.05) is 5.48 Å². The topological polar surface area (TPSA) is 585 Å². The Kier molecular flexibility index (Phi) is 49.1. The maximum atomic E-state index is 15.0. The van der Waals surface area contributed by atoms with Gasteiger partial charge in [-0.2, -0.15) is 5.48 Å². The zero-order valence-corrected chi connectivity index (χ0v) is 78.4. The Morgan fingerprint density at radius 1 is 0.272 bits per heavy atom. The molecule has 15 amide bonds. The Bertz CT molecular complexity index is 3580. The molecule has 16 N–H and O–H groups in total. The number of amides is 15. The molecule has 8 atom stereocenters. The summed E-state index contributed by atoms with van der Waals surface area (Å²) >= 11 is 0. The smallest absolute Gasteiger partial charge is 0.431 e. The molecule has 0 aromatic carbocycles. The first-order chi connectivity index (χ1) is 57.1. The van der Waals surface area contributed by atoms with Gasteiger partial charge in [0.05, 0.1) is 19.4 Å². The van der Waals surface area contributed by atoms with Crippen molar-refractivity contribution in [1.82, 2.24) is 74.6 Å². The van der Waals surface area contributed by atoms with E-state index < -0.39 is 245 Å². The van der Waals surface area contributed by atoms with Crippen LogP contribution < -0.4 is 80.3 Å². The molecule has 0 saturated heterocycles. The number of nitrogens with two attached hydrogens (primary N) is 1. The highest BCUT2D eigenvalue weighted by Crippen LogP contribution is 2.19. The molecule has 0 fully saturated rings. The molecular weight excluding hydrogens is 1640 g/mol. The molecule has 716 valence electrons. The van der Waals surface area contributed by atoms with Gasteiger partial charge in [0.15, 0.2) is 6.61 Å². The molecular formula is C83H147N15O27. The van der Waals surface area contributed by atoms with Gasteiger partial charge >= 0.3 is 48.4 Å². The van der Waals surface area contributed by atoms with Crippen molar-refractivity contribution in [2.75, 3.05) is 39.3 Å². The highest BCUT2D eigenvalue weighted by molar-refractivity contribution is 5.99. The summed E-state index contributed by atoms with van der Waals surface area (Å²) in [5.74, 6) is -14.3.